The zero-order valence-electron chi connectivity index (χ0n) is 10.6. The van der Waals surface area contributed by atoms with Crippen LogP contribution >= 0.6 is 11.6 Å². The topological polar surface area (TPSA) is 98.2 Å². The summed E-state index contributed by atoms with van der Waals surface area (Å²) in [5, 5.41) is 0.440. The van der Waals surface area contributed by atoms with Gasteiger partial charge in [-0.25, -0.2) is 8.42 Å². The third kappa shape index (κ3) is 2.79. The average molecular weight is 324 g/mol. The van der Waals surface area contributed by atoms with Gasteiger partial charge >= 0.3 is 0 Å². The summed E-state index contributed by atoms with van der Waals surface area (Å²) in [6.07, 6.45) is 0. The minimum Gasteiger partial charge on any atom is -0.424 e. The lowest BCUT2D eigenvalue weighted by Crippen LogP contribution is -2.12. The van der Waals surface area contributed by atoms with Crippen molar-refractivity contribution in [2.75, 3.05) is 10.5 Å². The molecule has 6 nitrogen and oxygen atoms in total. The smallest absolute Gasteiger partial charge is 0.292 e. The maximum Gasteiger partial charge on any atom is 0.292 e. The van der Waals surface area contributed by atoms with Gasteiger partial charge in [-0.1, -0.05) is 17.7 Å². The summed E-state index contributed by atoms with van der Waals surface area (Å²) < 4.78 is 32.2. The largest absolute Gasteiger partial charge is 0.424 e. The highest BCUT2D eigenvalue weighted by Gasteiger charge is 2.16. The predicted octanol–water partition coefficient (Wildman–Crippen LogP) is 2.86. The first-order valence-corrected chi connectivity index (χ1v) is 7.75. The maximum atomic E-state index is 12.3. The maximum absolute atomic E-state index is 12.3. The van der Waals surface area contributed by atoms with Crippen LogP contribution in [0, 0.1) is 0 Å². The molecule has 0 saturated heterocycles. The minimum atomic E-state index is -3.74. The molecular weight excluding hydrogens is 314 g/mol. The van der Waals surface area contributed by atoms with E-state index in [1.807, 2.05) is 0 Å². The molecule has 3 aromatic rings. The quantitative estimate of drug-likeness (QED) is 0.772. The first-order chi connectivity index (χ1) is 9.94. The number of hydrogen-bond acceptors (Lipinski definition) is 5. The van der Waals surface area contributed by atoms with Crippen molar-refractivity contribution in [1.29, 1.82) is 0 Å². The Balaban J connectivity index is 1.99. The third-order valence-electron chi connectivity index (χ3n) is 2.76. The molecule has 8 heteroatoms. The molecule has 0 atom stereocenters. The molecule has 0 fully saturated rings. The summed E-state index contributed by atoms with van der Waals surface area (Å²) in [5.74, 6) is 0. The van der Waals surface area contributed by atoms with E-state index < -0.39 is 10.0 Å². The lowest BCUT2D eigenvalue weighted by atomic mass is 10.3. The molecule has 108 valence electrons. The molecule has 0 bridgehead atoms. The molecule has 21 heavy (non-hydrogen) atoms. The van der Waals surface area contributed by atoms with E-state index in [0.717, 1.165) is 0 Å². The molecule has 2 aromatic carbocycles. The van der Waals surface area contributed by atoms with E-state index in [4.69, 9.17) is 21.8 Å². The molecule has 1 aromatic heterocycles. The number of nitrogen functional groups attached to an aromatic ring is 1. The highest BCUT2D eigenvalue weighted by molar-refractivity contribution is 7.92. The highest BCUT2D eigenvalue weighted by atomic mass is 35.5. The van der Waals surface area contributed by atoms with Crippen molar-refractivity contribution in [3.63, 3.8) is 0 Å². The second kappa shape index (κ2) is 4.94. The predicted molar refractivity (Wildman–Crippen MR) is 80.7 cm³/mol. The first-order valence-electron chi connectivity index (χ1n) is 5.88. The number of rotatable bonds is 3. The van der Waals surface area contributed by atoms with E-state index >= 15 is 0 Å². The average Bonchev–Trinajstić information content (AvgIpc) is 2.77. The second-order valence-electron chi connectivity index (χ2n) is 4.30. The van der Waals surface area contributed by atoms with Crippen LogP contribution in [0.4, 0.5) is 11.7 Å². The number of nitrogens with zero attached hydrogens (tertiary/aromatic N) is 1. The number of nitrogens with one attached hydrogen (secondary N) is 1. The Morgan fingerprint density at radius 2 is 2.00 bits per heavy atom. The van der Waals surface area contributed by atoms with Crippen molar-refractivity contribution in [2.45, 2.75) is 4.90 Å². The summed E-state index contributed by atoms with van der Waals surface area (Å²) in [6, 6.07) is 10.7. The zero-order valence-corrected chi connectivity index (χ0v) is 12.1. The normalized spacial score (nSPS) is 11.7. The number of nitrogens with two attached hydrogens (primary N) is 1. The van der Waals surface area contributed by atoms with Crippen LogP contribution in [0.2, 0.25) is 5.02 Å². The van der Waals surface area contributed by atoms with Gasteiger partial charge in [0.05, 0.1) is 10.6 Å². The number of fused-ring (bicyclic) bond motifs is 1. The van der Waals surface area contributed by atoms with Gasteiger partial charge in [-0.05, 0) is 36.4 Å². The van der Waals surface area contributed by atoms with Crippen molar-refractivity contribution in [3.05, 3.63) is 47.5 Å². The molecule has 0 amide bonds. The second-order valence-corrected chi connectivity index (χ2v) is 6.42. The Hall–Kier alpha value is -2.25. The summed E-state index contributed by atoms with van der Waals surface area (Å²) in [4.78, 5) is 3.96. The van der Waals surface area contributed by atoms with Crippen LogP contribution in [0.15, 0.2) is 51.8 Å². The highest BCUT2D eigenvalue weighted by Crippen LogP contribution is 2.23. The van der Waals surface area contributed by atoms with Gasteiger partial charge in [0.25, 0.3) is 16.0 Å². The lowest BCUT2D eigenvalue weighted by Gasteiger charge is -2.08. The fraction of sp³-hybridized carbons (Fsp3) is 0. The van der Waals surface area contributed by atoms with Crippen LogP contribution in [0.3, 0.4) is 0 Å². The molecule has 0 unspecified atom stereocenters. The third-order valence-corrected chi connectivity index (χ3v) is 4.38. The number of oxazole rings is 1. The van der Waals surface area contributed by atoms with E-state index in [2.05, 4.69) is 9.71 Å². The van der Waals surface area contributed by atoms with Crippen LogP contribution in [0.5, 0.6) is 0 Å². The van der Waals surface area contributed by atoms with Gasteiger partial charge in [-0.2, -0.15) is 4.98 Å². The van der Waals surface area contributed by atoms with Crippen LogP contribution in [0.1, 0.15) is 0 Å². The molecule has 3 N–H and O–H groups in total. The molecule has 0 radical (unpaired) electrons. The molecule has 0 aliphatic heterocycles. The molecule has 0 spiro atoms. The van der Waals surface area contributed by atoms with E-state index in [1.54, 1.807) is 18.2 Å². The van der Waals surface area contributed by atoms with Crippen molar-refractivity contribution < 1.29 is 12.8 Å². The Kier molecular flexibility index (Phi) is 3.23. The summed E-state index contributed by atoms with van der Waals surface area (Å²) in [7, 11) is -3.74. The Morgan fingerprint density at radius 1 is 1.19 bits per heavy atom. The van der Waals surface area contributed by atoms with Gasteiger partial charge in [0.15, 0.2) is 5.58 Å². The van der Waals surface area contributed by atoms with Gasteiger partial charge in [-0.15, -0.1) is 0 Å². The van der Waals surface area contributed by atoms with E-state index in [9.17, 15) is 8.42 Å². The van der Waals surface area contributed by atoms with Crippen LogP contribution in [-0.4, -0.2) is 13.4 Å². The van der Waals surface area contributed by atoms with E-state index in [1.165, 1.54) is 24.3 Å². The SMILES string of the molecule is Nc1nc2cc(S(=O)(=O)Nc3cccc(Cl)c3)ccc2o1. The Morgan fingerprint density at radius 3 is 2.76 bits per heavy atom. The van der Waals surface area contributed by atoms with Crippen LogP contribution in [-0.2, 0) is 10.0 Å². The molecule has 0 aliphatic carbocycles. The molecule has 0 saturated carbocycles. The standard InChI is InChI=1S/C13H10ClN3O3S/c14-8-2-1-3-9(6-8)17-21(18,19)10-4-5-12-11(7-10)16-13(15)20-12/h1-7,17H,(H2,15,16). The van der Waals surface area contributed by atoms with Crippen molar-refractivity contribution in [1.82, 2.24) is 4.98 Å². The van der Waals surface area contributed by atoms with Gasteiger partial charge in [0.1, 0.15) is 5.52 Å². The van der Waals surface area contributed by atoms with Gasteiger partial charge in [0, 0.05) is 5.02 Å². The zero-order chi connectivity index (χ0) is 15.0. The molecule has 3 rings (SSSR count). The van der Waals surface area contributed by atoms with Crippen LogP contribution in [0.25, 0.3) is 11.1 Å². The number of hydrogen-bond donors (Lipinski definition) is 2. The number of aromatic nitrogens is 1. The van der Waals surface area contributed by atoms with Crippen molar-refractivity contribution in [3.8, 4) is 0 Å². The van der Waals surface area contributed by atoms with E-state index in [0.29, 0.717) is 21.8 Å². The van der Waals surface area contributed by atoms with Crippen LogP contribution < -0.4 is 10.5 Å². The van der Waals surface area contributed by atoms with Gasteiger partial charge in [-0.3, -0.25) is 4.72 Å². The number of halogens is 1. The lowest BCUT2D eigenvalue weighted by molar-refractivity contribution is 0.601. The molecular formula is C13H10ClN3O3S. The minimum absolute atomic E-state index is 0.0117. The Labute approximate surface area is 125 Å². The summed E-state index contributed by atoms with van der Waals surface area (Å²) in [6.45, 7) is 0. The molecule has 1 heterocycles. The van der Waals surface area contributed by atoms with Crippen molar-refractivity contribution in [2.24, 2.45) is 0 Å². The fourth-order valence-electron chi connectivity index (χ4n) is 1.86. The fourth-order valence-corrected chi connectivity index (χ4v) is 3.12. The van der Waals surface area contributed by atoms with Crippen molar-refractivity contribution >= 4 is 44.4 Å². The number of anilines is 2. The number of benzene rings is 2. The van der Waals surface area contributed by atoms with Gasteiger partial charge in [0.2, 0.25) is 0 Å². The monoisotopic (exact) mass is 323 g/mol. The summed E-state index contributed by atoms with van der Waals surface area (Å²) >= 11 is 5.83. The first kappa shape index (κ1) is 13.7. The van der Waals surface area contributed by atoms with Gasteiger partial charge < -0.3 is 10.2 Å². The van der Waals surface area contributed by atoms with E-state index in [-0.39, 0.29) is 10.9 Å². The number of sulfonamides is 1. The summed E-state index contributed by atoms with van der Waals surface area (Å²) in [5.41, 5.74) is 6.61. The molecule has 0 aliphatic rings. The Bertz CT molecular complexity index is 921.